The largest absolute Gasteiger partial charge is 0.396 e. The van der Waals surface area contributed by atoms with E-state index in [2.05, 4.69) is 0 Å². The highest BCUT2D eigenvalue weighted by Gasteiger charge is 2.38. The van der Waals surface area contributed by atoms with Crippen molar-refractivity contribution in [2.75, 3.05) is 12.3 Å². The maximum Gasteiger partial charge on any atom is 0.254 e. The molecule has 0 bridgehead atoms. The minimum Gasteiger partial charge on any atom is -0.396 e. The Balaban J connectivity index is 2.33. The Hall–Kier alpha value is -1.50. The lowest BCUT2D eigenvalue weighted by Crippen LogP contribution is -2.43. The fourth-order valence-electron chi connectivity index (χ4n) is 2.18. The molecule has 1 saturated heterocycles. The number of hydrogen-bond acceptors (Lipinski definition) is 4. The zero-order chi connectivity index (χ0) is 15.0. The van der Waals surface area contributed by atoms with Crippen LogP contribution in [0.2, 0.25) is 10.0 Å². The molecule has 2 amide bonds. The van der Waals surface area contributed by atoms with E-state index in [-0.39, 0.29) is 34.3 Å². The molecule has 1 heterocycles. The first-order valence-corrected chi connectivity index (χ1v) is 6.59. The average Bonchev–Trinajstić information content (AvgIpc) is 2.76. The monoisotopic (exact) mass is 317 g/mol. The molecule has 20 heavy (non-hydrogen) atoms. The lowest BCUT2D eigenvalue weighted by atomic mass is 10.1. The van der Waals surface area contributed by atoms with Crippen molar-refractivity contribution in [2.45, 2.75) is 18.6 Å². The Morgan fingerprint density at radius 2 is 1.85 bits per heavy atom. The number of rotatable bonds is 2. The van der Waals surface area contributed by atoms with Gasteiger partial charge in [0.25, 0.3) is 5.91 Å². The van der Waals surface area contributed by atoms with Gasteiger partial charge in [0, 0.05) is 18.5 Å². The molecule has 1 fully saturated rings. The van der Waals surface area contributed by atoms with E-state index < -0.39 is 24.0 Å². The van der Waals surface area contributed by atoms with Crippen LogP contribution in [0, 0.1) is 0 Å². The molecule has 0 spiro atoms. The maximum atomic E-state index is 12.4. The highest BCUT2D eigenvalue weighted by molar-refractivity contribution is 6.39. The van der Waals surface area contributed by atoms with Crippen LogP contribution in [-0.2, 0) is 4.79 Å². The van der Waals surface area contributed by atoms with Gasteiger partial charge >= 0.3 is 0 Å². The Morgan fingerprint density at radius 3 is 2.35 bits per heavy atom. The van der Waals surface area contributed by atoms with E-state index in [9.17, 15) is 14.7 Å². The van der Waals surface area contributed by atoms with Crippen LogP contribution >= 0.6 is 23.2 Å². The molecule has 2 rings (SSSR count). The number of nitrogen functional groups attached to an aromatic ring is 1. The third kappa shape index (κ3) is 2.67. The second-order valence-electron chi connectivity index (χ2n) is 4.62. The number of anilines is 1. The SMILES string of the molecule is NC(=O)C1CC(O)CN1C(=O)c1cc(Cl)c(N)c(Cl)c1. The Bertz CT molecular complexity index is 556. The van der Waals surface area contributed by atoms with Crippen molar-refractivity contribution >= 4 is 40.7 Å². The number of aliphatic hydroxyl groups is 1. The summed E-state index contributed by atoms with van der Waals surface area (Å²) < 4.78 is 0. The minimum atomic E-state index is -0.840. The second-order valence-corrected chi connectivity index (χ2v) is 5.43. The topological polar surface area (TPSA) is 110 Å². The zero-order valence-electron chi connectivity index (χ0n) is 10.3. The van der Waals surface area contributed by atoms with E-state index in [1.807, 2.05) is 0 Å². The number of primary amides is 1. The van der Waals surface area contributed by atoms with Crippen molar-refractivity contribution in [1.29, 1.82) is 0 Å². The van der Waals surface area contributed by atoms with E-state index in [0.29, 0.717) is 0 Å². The third-order valence-corrected chi connectivity index (χ3v) is 3.82. The molecule has 0 saturated carbocycles. The van der Waals surface area contributed by atoms with Crippen molar-refractivity contribution in [3.8, 4) is 0 Å². The van der Waals surface area contributed by atoms with Gasteiger partial charge in [0.15, 0.2) is 0 Å². The van der Waals surface area contributed by atoms with E-state index >= 15 is 0 Å². The summed E-state index contributed by atoms with van der Waals surface area (Å²) in [5.74, 6) is -1.14. The number of nitrogens with two attached hydrogens (primary N) is 2. The lowest BCUT2D eigenvalue weighted by molar-refractivity contribution is -0.121. The number of amides is 2. The van der Waals surface area contributed by atoms with Crippen LogP contribution in [0.3, 0.4) is 0 Å². The van der Waals surface area contributed by atoms with Crippen LogP contribution in [0.15, 0.2) is 12.1 Å². The van der Waals surface area contributed by atoms with Crippen molar-refractivity contribution in [3.63, 3.8) is 0 Å². The molecule has 108 valence electrons. The number of halogens is 2. The number of benzene rings is 1. The average molecular weight is 318 g/mol. The summed E-state index contributed by atoms with van der Waals surface area (Å²) in [5, 5.41) is 9.89. The fourth-order valence-corrected chi connectivity index (χ4v) is 2.67. The van der Waals surface area contributed by atoms with Crippen LogP contribution in [0.25, 0.3) is 0 Å². The number of β-amino-alcohol motifs (C(OH)–C–C–N with tert-alkyl or cyclic N) is 1. The molecule has 8 heteroatoms. The van der Waals surface area contributed by atoms with Crippen molar-refractivity contribution in [3.05, 3.63) is 27.7 Å². The molecule has 1 aromatic carbocycles. The molecule has 0 aliphatic carbocycles. The van der Waals surface area contributed by atoms with Gasteiger partial charge in [0.2, 0.25) is 5.91 Å². The standard InChI is InChI=1S/C12H13Cl2N3O3/c13-7-1-5(2-8(14)10(7)15)12(20)17-4-6(18)3-9(17)11(16)19/h1-2,6,9,18H,3-4,15H2,(H2,16,19). The molecular formula is C12H13Cl2N3O3. The van der Waals surface area contributed by atoms with Crippen LogP contribution in [0.4, 0.5) is 5.69 Å². The highest BCUT2D eigenvalue weighted by Crippen LogP contribution is 2.30. The fraction of sp³-hybridized carbons (Fsp3) is 0.333. The summed E-state index contributed by atoms with van der Waals surface area (Å²) in [7, 11) is 0. The molecule has 2 unspecified atom stereocenters. The molecule has 2 atom stereocenters. The van der Waals surface area contributed by atoms with Gasteiger partial charge in [-0.1, -0.05) is 23.2 Å². The summed E-state index contributed by atoms with van der Waals surface area (Å²) in [6.07, 6.45) is -0.659. The molecule has 1 aliphatic rings. The van der Waals surface area contributed by atoms with E-state index in [1.54, 1.807) is 0 Å². The number of nitrogens with zero attached hydrogens (tertiary/aromatic N) is 1. The van der Waals surface area contributed by atoms with Gasteiger partial charge in [-0.25, -0.2) is 0 Å². The smallest absolute Gasteiger partial charge is 0.254 e. The summed E-state index contributed by atoms with van der Waals surface area (Å²) in [6.45, 7) is 0.0338. The zero-order valence-corrected chi connectivity index (χ0v) is 11.9. The summed E-state index contributed by atoms with van der Waals surface area (Å²) in [5.41, 5.74) is 11.2. The van der Waals surface area contributed by atoms with Crippen LogP contribution < -0.4 is 11.5 Å². The minimum absolute atomic E-state index is 0.0338. The summed E-state index contributed by atoms with van der Waals surface area (Å²) >= 11 is 11.8. The van der Waals surface area contributed by atoms with Crippen molar-refractivity contribution in [1.82, 2.24) is 4.90 Å². The van der Waals surface area contributed by atoms with Gasteiger partial charge in [0.05, 0.1) is 21.8 Å². The maximum absolute atomic E-state index is 12.4. The van der Waals surface area contributed by atoms with Gasteiger partial charge in [-0.3, -0.25) is 9.59 Å². The van der Waals surface area contributed by atoms with Gasteiger partial charge in [-0.15, -0.1) is 0 Å². The molecule has 0 aromatic heterocycles. The van der Waals surface area contributed by atoms with Gasteiger partial charge in [-0.2, -0.15) is 0 Å². The second kappa shape index (κ2) is 5.47. The van der Waals surface area contributed by atoms with E-state index in [0.717, 1.165) is 0 Å². The quantitative estimate of drug-likeness (QED) is 0.695. The Kier molecular flexibility index (Phi) is 4.08. The molecule has 5 N–H and O–H groups in total. The van der Waals surface area contributed by atoms with Crippen LogP contribution in [-0.4, -0.2) is 40.5 Å². The third-order valence-electron chi connectivity index (χ3n) is 3.19. The Morgan fingerprint density at radius 1 is 1.30 bits per heavy atom. The van der Waals surface area contributed by atoms with Crippen LogP contribution in [0.1, 0.15) is 16.8 Å². The predicted molar refractivity (Wildman–Crippen MR) is 75.5 cm³/mol. The van der Waals surface area contributed by atoms with E-state index in [1.165, 1.54) is 17.0 Å². The normalized spacial score (nSPS) is 22.1. The number of carbonyl (C=O) groups is 2. The first-order chi connectivity index (χ1) is 9.31. The molecule has 0 radical (unpaired) electrons. The highest BCUT2D eigenvalue weighted by atomic mass is 35.5. The molecule has 1 aliphatic heterocycles. The summed E-state index contributed by atoms with van der Waals surface area (Å²) in [6, 6.07) is 1.90. The van der Waals surface area contributed by atoms with Gasteiger partial charge in [0.1, 0.15) is 6.04 Å². The number of aliphatic hydroxyl groups excluding tert-OH is 1. The van der Waals surface area contributed by atoms with Crippen molar-refractivity contribution in [2.24, 2.45) is 5.73 Å². The first-order valence-electron chi connectivity index (χ1n) is 5.84. The first kappa shape index (κ1) is 14.9. The number of carbonyl (C=O) groups excluding carboxylic acids is 2. The molecule has 1 aromatic rings. The Labute approximate surface area is 125 Å². The van der Waals surface area contributed by atoms with Crippen molar-refractivity contribution < 1.29 is 14.7 Å². The molecular weight excluding hydrogens is 305 g/mol. The molecule has 6 nitrogen and oxygen atoms in total. The number of likely N-dealkylation sites (tertiary alicyclic amines) is 1. The van der Waals surface area contributed by atoms with Gasteiger partial charge in [-0.05, 0) is 12.1 Å². The predicted octanol–water partition coefficient (Wildman–Crippen LogP) is 0.636. The van der Waals surface area contributed by atoms with E-state index in [4.69, 9.17) is 34.7 Å². The van der Waals surface area contributed by atoms with Gasteiger partial charge < -0.3 is 21.5 Å². The lowest BCUT2D eigenvalue weighted by Gasteiger charge is -2.22. The number of hydrogen-bond donors (Lipinski definition) is 3. The van der Waals surface area contributed by atoms with Crippen LogP contribution in [0.5, 0.6) is 0 Å². The summed E-state index contributed by atoms with van der Waals surface area (Å²) in [4.78, 5) is 24.9.